The largest absolute Gasteiger partial charge is 0.465 e. The van der Waals surface area contributed by atoms with E-state index in [0.29, 0.717) is 13.2 Å². The van der Waals surface area contributed by atoms with Gasteiger partial charge in [-0.25, -0.2) is 4.98 Å². The first-order chi connectivity index (χ1) is 9.67. The summed E-state index contributed by atoms with van der Waals surface area (Å²) in [7, 11) is 0. The minimum Gasteiger partial charge on any atom is -0.465 e. The molecular formula is C15H21N3O2. The molecule has 0 bridgehead atoms. The Hall–Kier alpha value is -1.88. The van der Waals surface area contributed by atoms with E-state index in [-0.39, 0.29) is 5.97 Å². The lowest BCUT2D eigenvalue weighted by atomic mass is 10.2. The minimum absolute atomic E-state index is 0.346. The summed E-state index contributed by atoms with van der Waals surface area (Å²) in [4.78, 5) is 16.3. The van der Waals surface area contributed by atoms with Crippen molar-refractivity contribution in [2.75, 3.05) is 6.61 Å². The van der Waals surface area contributed by atoms with Crippen molar-refractivity contribution in [2.45, 2.75) is 39.3 Å². The molecule has 1 unspecified atom stereocenters. The van der Waals surface area contributed by atoms with E-state index < -0.39 is 6.04 Å². The van der Waals surface area contributed by atoms with Gasteiger partial charge < -0.3 is 15.0 Å². The molecule has 20 heavy (non-hydrogen) atoms. The molecule has 2 rings (SSSR count). The van der Waals surface area contributed by atoms with Crippen LogP contribution in [0.15, 0.2) is 24.3 Å². The van der Waals surface area contributed by atoms with Gasteiger partial charge in [0.05, 0.1) is 24.2 Å². The predicted molar refractivity (Wildman–Crippen MR) is 78.3 cm³/mol. The van der Waals surface area contributed by atoms with Gasteiger partial charge in [-0.05, 0) is 25.5 Å². The van der Waals surface area contributed by atoms with Crippen LogP contribution in [0.5, 0.6) is 0 Å². The number of nitrogens with zero attached hydrogens (tertiary/aromatic N) is 2. The molecular weight excluding hydrogens is 254 g/mol. The van der Waals surface area contributed by atoms with E-state index in [4.69, 9.17) is 10.5 Å². The number of carbonyl (C=O) groups excluding carboxylic acids is 1. The minimum atomic E-state index is -0.664. The van der Waals surface area contributed by atoms with Crippen LogP contribution in [0.4, 0.5) is 0 Å². The number of nitrogens with two attached hydrogens (primary N) is 1. The number of aryl methyl sites for hydroxylation is 1. The smallest absolute Gasteiger partial charge is 0.324 e. The molecule has 0 aliphatic heterocycles. The van der Waals surface area contributed by atoms with E-state index in [9.17, 15) is 4.79 Å². The first-order valence-electron chi connectivity index (χ1n) is 7.03. The summed E-state index contributed by atoms with van der Waals surface area (Å²) in [6, 6.07) is 7.23. The molecule has 2 N–H and O–H groups in total. The third-order valence-electron chi connectivity index (χ3n) is 3.18. The Bertz CT molecular complexity index is 592. The Morgan fingerprint density at radius 1 is 1.40 bits per heavy atom. The molecule has 0 fully saturated rings. The Kier molecular flexibility index (Phi) is 4.74. The molecule has 1 atom stereocenters. The Morgan fingerprint density at radius 2 is 2.15 bits per heavy atom. The number of aromatic nitrogens is 2. The maximum absolute atomic E-state index is 11.7. The summed E-state index contributed by atoms with van der Waals surface area (Å²) < 4.78 is 6.99. The first kappa shape index (κ1) is 14.5. The van der Waals surface area contributed by atoms with Gasteiger partial charge in [0.1, 0.15) is 11.9 Å². The highest BCUT2D eigenvalue weighted by atomic mass is 16.5. The standard InChI is InChI=1S/C15H21N3O2/c1-3-7-14-17-12-8-5-6-9-13(12)18(14)10-11(16)15(19)20-4-2/h5-6,8-9,11H,3-4,7,10,16H2,1-2H3. The van der Waals surface area contributed by atoms with Crippen LogP contribution in [0.3, 0.4) is 0 Å². The van der Waals surface area contributed by atoms with Crippen LogP contribution in [0.2, 0.25) is 0 Å². The molecule has 1 aromatic heterocycles. The van der Waals surface area contributed by atoms with E-state index in [0.717, 1.165) is 29.7 Å². The normalized spacial score (nSPS) is 12.6. The van der Waals surface area contributed by atoms with Gasteiger partial charge in [-0.1, -0.05) is 19.1 Å². The van der Waals surface area contributed by atoms with E-state index >= 15 is 0 Å². The molecule has 0 radical (unpaired) electrons. The van der Waals surface area contributed by atoms with E-state index in [2.05, 4.69) is 11.9 Å². The third kappa shape index (κ3) is 2.99. The second-order valence-corrected chi connectivity index (χ2v) is 4.74. The van der Waals surface area contributed by atoms with Gasteiger partial charge in [0.2, 0.25) is 0 Å². The van der Waals surface area contributed by atoms with Crippen molar-refractivity contribution in [3.8, 4) is 0 Å². The third-order valence-corrected chi connectivity index (χ3v) is 3.18. The summed E-state index contributed by atoms with van der Waals surface area (Å²) in [6.07, 6.45) is 1.86. The summed E-state index contributed by atoms with van der Waals surface area (Å²) in [6.45, 7) is 4.63. The maximum atomic E-state index is 11.7. The van der Waals surface area contributed by atoms with Crippen molar-refractivity contribution in [3.63, 3.8) is 0 Å². The molecule has 0 saturated carbocycles. The first-order valence-corrected chi connectivity index (χ1v) is 7.03. The number of hydrogen-bond acceptors (Lipinski definition) is 4. The van der Waals surface area contributed by atoms with Gasteiger partial charge in [-0.15, -0.1) is 0 Å². The highest BCUT2D eigenvalue weighted by Gasteiger charge is 2.18. The highest BCUT2D eigenvalue weighted by molar-refractivity contribution is 5.78. The average Bonchev–Trinajstić information content (AvgIpc) is 2.78. The van der Waals surface area contributed by atoms with Crippen LogP contribution in [-0.4, -0.2) is 28.2 Å². The number of benzene rings is 1. The van der Waals surface area contributed by atoms with Crippen LogP contribution in [-0.2, 0) is 22.5 Å². The molecule has 0 amide bonds. The number of rotatable bonds is 6. The van der Waals surface area contributed by atoms with E-state index in [1.165, 1.54) is 0 Å². The fourth-order valence-electron chi connectivity index (χ4n) is 2.26. The average molecular weight is 275 g/mol. The van der Waals surface area contributed by atoms with Crippen LogP contribution in [0, 0.1) is 0 Å². The summed E-state index contributed by atoms with van der Waals surface area (Å²) >= 11 is 0. The van der Waals surface area contributed by atoms with E-state index in [1.807, 2.05) is 28.8 Å². The topological polar surface area (TPSA) is 70.1 Å². The van der Waals surface area contributed by atoms with Gasteiger partial charge in [0.25, 0.3) is 0 Å². The number of hydrogen-bond donors (Lipinski definition) is 1. The molecule has 0 aliphatic carbocycles. The molecule has 108 valence electrons. The van der Waals surface area contributed by atoms with Gasteiger partial charge in [0.15, 0.2) is 0 Å². The fraction of sp³-hybridized carbons (Fsp3) is 0.467. The molecule has 5 heteroatoms. The Labute approximate surface area is 118 Å². The molecule has 0 spiro atoms. The lowest BCUT2D eigenvalue weighted by Gasteiger charge is -2.14. The zero-order chi connectivity index (χ0) is 14.5. The van der Waals surface area contributed by atoms with Crippen LogP contribution in [0.1, 0.15) is 26.1 Å². The fourth-order valence-corrected chi connectivity index (χ4v) is 2.26. The summed E-state index contributed by atoms with van der Waals surface area (Å²) in [5, 5.41) is 0. The number of para-hydroxylation sites is 2. The predicted octanol–water partition coefficient (Wildman–Crippen LogP) is 1.88. The Balaban J connectivity index is 2.31. The molecule has 0 aliphatic rings. The highest BCUT2D eigenvalue weighted by Crippen LogP contribution is 2.17. The van der Waals surface area contributed by atoms with Crippen molar-refractivity contribution in [1.29, 1.82) is 0 Å². The number of carbonyl (C=O) groups is 1. The van der Waals surface area contributed by atoms with Crippen LogP contribution >= 0.6 is 0 Å². The van der Waals surface area contributed by atoms with Crippen molar-refractivity contribution in [1.82, 2.24) is 9.55 Å². The van der Waals surface area contributed by atoms with Crippen molar-refractivity contribution < 1.29 is 9.53 Å². The summed E-state index contributed by atoms with van der Waals surface area (Å²) in [5.74, 6) is 0.598. The molecule has 1 heterocycles. The molecule has 2 aromatic rings. The van der Waals surface area contributed by atoms with Gasteiger partial charge in [-0.2, -0.15) is 0 Å². The molecule has 1 aromatic carbocycles. The van der Waals surface area contributed by atoms with Gasteiger partial charge in [-0.3, -0.25) is 4.79 Å². The van der Waals surface area contributed by atoms with Crippen LogP contribution < -0.4 is 5.73 Å². The molecule has 5 nitrogen and oxygen atoms in total. The number of ether oxygens (including phenoxy) is 1. The zero-order valence-corrected chi connectivity index (χ0v) is 12.0. The number of fused-ring (bicyclic) bond motifs is 1. The monoisotopic (exact) mass is 275 g/mol. The number of imidazole rings is 1. The van der Waals surface area contributed by atoms with Crippen molar-refractivity contribution >= 4 is 17.0 Å². The van der Waals surface area contributed by atoms with Crippen molar-refractivity contribution in [2.24, 2.45) is 5.73 Å². The van der Waals surface area contributed by atoms with Gasteiger partial charge in [0, 0.05) is 6.42 Å². The lowest BCUT2D eigenvalue weighted by molar-refractivity contribution is -0.145. The zero-order valence-electron chi connectivity index (χ0n) is 12.0. The second-order valence-electron chi connectivity index (χ2n) is 4.74. The van der Waals surface area contributed by atoms with Crippen LogP contribution in [0.25, 0.3) is 11.0 Å². The summed E-state index contributed by atoms with van der Waals surface area (Å²) in [5.41, 5.74) is 7.87. The maximum Gasteiger partial charge on any atom is 0.324 e. The molecule has 0 saturated heterocycles. The quantitative estimate of drug-likeness (QED) is 0.817. The Morgan fingerprint density at radius 3 is 2.85 bits per heavy atom. The van der Waals surface area contributed by atoms with Gasteiger partial charge >= 0.3 is 5.97 Å². The SMILES string of the molecule is CCCc1nc2ccccc2n1CC(N)C(=O)OCC. The van der Waals surface area contributed by atoms with Crippen molar-refractivity contribution in [3.05, 3.63) is 30.1 Å². The second kappa shape index (κ2) is 6.52. The van der Waals surface area contributed by atoms with E-state index in [1.54, 1.807) is 6.92 Å². The number of esters is 1. The lowest BCUT2D eigenvalue weighted by Crippen LogP contribution is -2.36.